The van der Waals surface area contributed by atoms with Crippen molar-refractivity contribution in [3.05, 3.63) is 70.9 Å². The molecule has 1 N–H and O–H groups in total. The number of nitrogens with zero attached hydrogens (tertiary/aromatic N) is 4. The third kappa shape index (κ3) is 4.81. The number of hydrogen-bond acceptors (Lipinski definition) is 5. The normalized spacial score (nSPS) is 17.8. The van der Waals surface area contributed by atoms with Crippen molar-refractivity contribution in [3.8, 4) is 11.3 Å². The highest BCUT2D eigenvalue weighted by molar-refractivity contribution is 5.72. The van der Waals surface area contributed by atoms with Crippen molar-refractivity contribution in [2.24, 2.45) is 5.41 Å². The van der Waals surface area contributed by atoms with Gasteiger partial charge in [0.25, 0.3) is 0 Å². The van der Waals surface area contributed by atoms with Gasteiger partial charge in [-0.05, 0) is 54.9 Å². The summed E-state index contributed by atoms with van der Waals surface area (Å²) in [5, 5.41) is 11.6. The van der Waals surface area contributed by atoms with Gasteiger partial charge in [0.1, 0.15) is 11.6 Å². The van der Waals surface area contributed by atoms with Crippen molar-refractivity contribution in [1.82, 2.24) is 25.5 Å². The minimum absolute atomic E-state index is 0.0675. The molecule has 0 radical (unpaired) electrons. The van der Waals surface area contributed by atoms with Crippen molar-refractivity contribution in [2.75, 3.05) is 0 Å². The summed E-state index contributed by atoms with van der Waals surface area (Å²) in [6.45, 7) is 8.23. The minimum Gasteiger partial charge on any atom is -0.351 e. The number of carbonyl (C=O) groups excluding carboxylic acids is 1. The maximum atomic E-state index is 14.4. The van der Waals surface area contributed by atoms with Crippen LogP contribution in [0.2, 0.25) is 0 Å². The monoisotopic (exact) mass is 465 g/mol. The van der Waals surface area contributed by atoms with Crippen LogP contribution in [-0.2, 0) is 23.2 Å². The van der Waals surface area contributed by atoms with Gasteiger partial charge in [0.2, 0.25) is 5.91 Å². The van der Waals surface area contributed by atoms with E-state index in [1.807, 2.05) is 0 Å². The molecule has 34 heavy (non-hydrogen) atoms. The maximum Gasteiger partial charge on any atom is 0.217 e. The second-order valence-electron chi connectivity index (χ2n) is 10.2. The Kier molecular flexibility index (Phi) is 6.43. The number of fused-ring (bicyclic) bond motifs is 1. The summed E-state index contributed by atoms with van der Waals surface area (Å²) in [7, 11) is 0. The Morgan fingerprint density at radius 1 is 1.15 bits per heavy atom. The summed E-state index contributed by atoms with van der Waals surface area (Å²) in [5.41, 5.74) is 2.52. The van der Waals surface area contributed by atoms with Gasteiger partial charge in [-0.3, -0.25) is 14.8 Å². The van der Waals surface area contributed by atoms with Crippen LogP contribution in [0.1, 0.15) is 69.6 Å². The molecule has 1 atom stereocenters. The summed E-state index contributed by atoms with van der Waals surface area (Å²) in [6, 6.07) is 5.54. The Labute approximate surface area is 198 Å². The van der Waals surface area contributed by atoms with Gasteiger partial charge in [-0.15, -0.1) is 5.10 Å². The molecular formula is C26H29F2N5O. The van der Waals surface area contributed by atoms with E-state index in [0.29, 0.717) is 5.69 Å². The summed E-state index contributed by atoms with van der Waals surface area (Å²) >= 11 is 0. The van der Waals surface area contributed by atoms with Crippen LogP contribution in [0, 0.1) is 17.0 Å². The number of halogens is 2. The molecular weight excluding hydrogens is 436 g/mol. The van der Waals surface area contributed by atoms with Crippen LogP contribution in [0.15, 0.2) is 36.7 Å². The number of benzene rings is 1. The van der Waals surface area contributed by atoms with Crippen LogP contribution in [-0.4, -0.2) is 26.1 Å². The zero-order valence-corrected chi connectivity index (χ0v) is 20.0. The smallest absolute Gasteiger partial charge is 0.217 e. The number of aromatic nitrogens is 4. The summed E-state index contributed by atoms with van der Waals surface area (Å²) in [6.07, 6.45) is 6.54. The number of rotatable bonds is 5. The van der Waals surface area contributed by atoms with Crippen LogP contribution in [0.25, 0.3) is 11.3 Å². The fourth-order valence-corrected chi connectivity index (χ4v) is 4.94. The van der Waals surface area contributed by atoms with Crippen LogP contribution in [0.4, 0.5) is 8.78 Å². The van der Waals surface area contributed by atoms with Crippen LogP contribution < -0.4 is 5.32 Å². The first-order chi connectivity index (χ1) is 16.1. The standard InChI is InChI=1S/C26H29F2N5O/c1-16(34)30-13-18-12-29-14-22(31-18)26(15-25(2,3)4)10-6-7-17-11-21(32-33-24(17)26)23-19(27)8-5-9-20(23)28/h5,8-9,11-12,14H,6-7,10,13,15H2,1-4H3,(H,30,34)/t26-/m0/s1. The van der Waals surface area contributed by atoms with Gasteiger partial charge < -0.3 is 5.32 Å². The molecule has 8 heteroatoms. The van der Waals surface area contributed by atoms with Gasteiger partial charge in [-0.2, -0.15) is 5.10 Å². The molecule has 1 aromatic carbocycles. The SMILES string of the molecule is CC(=O)NCc1cncc([C@@]2(CC(C)(C)C)CCCc3cc(-c4c(F)cccc4F)nnc32)n1. The molecule has 2 heterocycles. The Balaban J connectivity index is 1.85. The lowest BCUT2D eigenvalue weighted by atomic mass is 9.63. The number of carbonyl (C=O) groups is 1. The van der Waals surface area contributed by atoms with E-state index in [9.17, 15) is 13.6 Å². The van der Waals surface area contributed by atoms with E-state index >= 15 is 0 Å². The second kappa shape index (κ2) is 9.16. The first kappa shape index (κ1) is 23.9. The van der Waals surface area contributed by atoms with E-state index in [4.69, 9.17) is 4.98 Å². The van der Waals surface area contributed by atoms with Crippen molar-refractivity contribution >= 4 is 5.91 Å². The zero-order chi connectivity index (χ0) is 24.5. The molecule has 0 saturated carbocycles. The minimum atomic E-state index is -0.664. The fourth-order valence-electron chi connectivity index (χ4n) is 4.94. The predicted octanol–water partition coefficient (Wildman–Crippen LogP) is 4.91. The van der Waals surface area contributed by atoms with Gasteiger partial charge in [0.15, 0.2) is 0 Å². The molecule has 1 aliphatic carbocycles. The van der Waals surface area contributed by atoms with E-state index in [1.165, 1.54) is 25.1 Å². The lowest BCUT2D eigenvalue weighted by Crippen LogP contribution is -2.39. The number of hydrogen-bond donors (Lipinski definition) is 1. The molecule has 0 fully saturated rings. The summed E-state index contributed by atoms with van der Waals surface area (Å²) in [4.78, 5) is 20.7. The average Bonchev–Trinajstić information content (AvgIpc) is 2.77. The topological polar surface area (TPSA) is 80.7 Å². The number of aryl methyl sites for hydroxylation is 1. The fraction of sp³-hybridized carbons (Fsp3) is 0.423. The average molecular weight is 466 g/mol. The summed E-state index contributed by atoms with van der Waals surface area (Å²) < 4.78 is 28.9. The van der Waals surface area contributed by atoms with Gasteiger partial charge in [-0.1, -0.05) is 26.8 Å². The third-order valence-electron chi connectivity index (χ3n) is 6.12. The second-order valence-corrected chi connectivity index (χ2v) is 10.2. The lowest BCUT2D eigenvalue weighted by molar-refractivity contribution is -0.119. The highest BCUT2D eigenvalue weighted by Gasteiger charge is 2.44. The first-order valence-electron chi connectivity index (χ1n) is 11.5. The van der Waals surface area contributed by atoms with Gasteiger partial charge in [0.05, 0.1) is 46.5 Å². The molecule has 6 nitrogen and oxygen atoms in total. The molecule has 3 aromatic rings. The lowest BCUT2D eigenvalue weighted by Gasteiger charge is -2.41. The van der Waals surface area contributed by atoms with Crippen molar-refractivity contribution < 1.29 is 13.6 Å². The van der Waals surface area contributed by atoms with E-state index in [0.717, 1.165) is 42.6 Å². The molecule has 2 aromatic heterocycles. The molecule has 0 bridgehead atoms. The van der Waals surface area contributed by atoms with E-state index in [2.05, 4.69) is 41.3 Å². The van der Waals surface area contributed by atoms with Crippen LogP contribution >= 0.6 is 0 Å². The van der Waals surface area contributed by atoms with E-state index in [1.54, 1.807) is 18.5 Å². The van der Waals surface area contributed by atoms with Gasteiger partial charge >= 0.3 is 0 Å². The van der Waals surface area contributed by atoms with Gasteiger partial charge in [-0.25, -0.2) is 8.78 Å². The zero-order valence-electron chi connectivity index (χ0n) is 20.0. The number of amides is 1. The van der Waals surface area contributed by atoms with Crippen molar-refractivity contribution in [2.45, 2.75) is 65.3 Å². The quantitative estimate of drug-likeness (QED) is 0.579. The number of nitrogens with one attached hydrogen (secondary N) is 1. The highest BCUT2D eigenvalue weighted by atomic mass is 19.1. The molecule has 0 aliphatic heterocycles. The largest absolute Gasteiger partial charge is 0.351 e. The van der Waals surface area contributed by atoms with Crippen LogP contribution in [0.5, 0.6) is 0 Å². The van der Waals surface area contributed by atoms with Crippen molar-refractivity contribution in [3.63, 3.8) is 0 Å². The third-order valence-corrected chi connectivity index (χ3v) is 6.12. The highest BCUT2D eigenvalue weighted by Crippen LogP contribution is 2.48. The molecule has 0 unspecified atom stereocenters. The molecule has 4 rings (SSSR count). The Bertz CT molecular complexity index is 1200. The van der Waals surface area contributed by atoms with E-state index in [-0.39, 0.29) is 29.1 Å². The van der Waals surface area contributed by atoms with Gasteiger partial charge in [0, 0.05) is 13.1 Å². The molecule has 0 saturated heterocycles. The molecule has 178 valence electrons. The maximum absolute atomic E-state index is 14.4. The van der Waals surface area contributed by atoms with E-state index < -0.39 is 17.0 Å². The molecule has 0 spiro atoms. The first-order valence-corrected chi connectivity index (χ1v) is 11.5. The molecule has 1 aliphatic rings. The van der Waals surface area contributed by atoms with Crippen LogP contribution in [0.3, 0.4) is 0 Å². The predicted molar refractivity (Wildman–Crippen MR) is 125 cm³/mol. The summed E-state index contributed by atoms with van der Waals surface area (Å²) in [5.74, 6) is -1.47. The Hall–Kier alpha value is -3.29. The Morgan fingerprint density at radius 3 is 2.56 bits per heavy atom. The Morgan fingerprint density at radius 2 is 1.88 bits per heavy atom. The molecule has 1 amide bonds. The van der Waals surface area contributed by atoms with Crippen molar-refractivity contribution in [1.29, 1.82) is 0 Å².